The van der Waals surface area contributed by atoms with Crippen LogP contribution in [-0.2, 0) is 4.79 Å². The lowest BCUT2D eigenvalue weighted by atomic mass is 10.0. The van der Waals surface area contributed by atoms with Gasteiger partial charge in [0.1, 0.15) is 11.6 Å². The second-order valence-electron chi connectivity index (χ2n) is 3.03. The molecule has 1 rings (SSSR count). The molecular weight excluding hydrogens is 269 g/mol. The van der Waals surface area contributed by atoms with E-state index in [0.717, 1.165) is 12.1 Å². The minimum atomic E-state index is -1.11. The maximum atomic E-state index is 13.0. The predicted molar refractivity (Wildman–Crippen MR) is 54.9 cm³/mol. The second-order valence-corrected chi connectivity index (χ2v) is 3.88. The monoisotopic (exact) mass is 277 g/mol. The van der Waals surface area contributed by atoms with Crippen molar-refractivity contribution in [3.63, 3.8) is 0 Å². The molecule has 0 aromatic heterocycles. The number of rotatable bonds is 3. The number of halogens is 2. The maximum Gasteiger partial charge on any atom is 0.305 e. The quantitative estimate of drug-likeness (QED) is 0.786. The first kappa shape index (κ1) is 11.9. The van der Waals surface area contributed by atoms with Gasteiger partial charge >= 0.3 is 5.97 Å². The number of benzene rings is 1. The summed E-state index contributed by atoms with van der Waals surface area (Å²) in [7, 11) is 0. The van der Waals surface area contributed by atoms with Crippen LogP contribution in [0.4, 0.5) is 4.39 Å². The lowest BCUT2D eigenvalue weighted by Gasteiger charge is -2.12. The van der Waals surface area contributed by atoms with Gasteiger partial charge in [0.05, 0.1) is 10.9 Å². The molecule has 0 radical (unpaired) electrons. The molecule has 15 heavy (non-hydrogen) atoms. The highest BCUT2D eigenvalue weighted by Gasteiger charge is 2.17. The highest BCUT2D eigenvalue weighted by atomic mass is 79.9. The van der Waals surface area contributed by atoms with Gasteiger partial charge in [0.15, 0.2) is 0 Å². The molecule has 82 valence electrons. The number of hydrogen-bond acceptors (Lipinski definition) is 3. The van der Waals surface area contributed by atoms with Gasteiger partial charge in [0.25, 0.3) is 0 Å². The van der Waals surface area contributed by atoms with Crippen molar-refractivity contribution in [1.29, 1.82) is 0 Å². The van der Waals surface area contributed by atoms with Crippen LogP contribution in [0.15, 0.2) is 16.6 Å². The van der Waals surface area contributed by atoms with E-state index in [1.165, 1.54) is 0 Å². The summed E-state index contributed by atoms with van der Waals surface area (Å²) in [5.74, 6) is -1.93. The number of carboxylic acid groups (broad SMARTS) is 1. The highest BCUT2D eigenvalue weighted by Crippen LogP contribution is 2.33. The van der Waals surface area contributed by atoms with Gasteiger partial charge in [-0.25, -0.2) is 4.39 Å². The Balaban J connectivity index is 3.07. The summed E-state index contributed by atoms with van der Waals surface area (Å²) >= 11 is 2.94. The van der Waals surface area contributed by atoms with Crippen molar-refractivity contribution in [2.75, 3.05) is 0 Å². The molecule has 0 bridgehead atoms. The van der Waals surface area contributed by atoms with E-state index in [2.05, 4.69) is 15.9 Å². The molecule has 0 saturated heterocycles. The number of aliphatic carboxylic acids is 1. The average molecular weight is 278 g/mol. The van der Waals surface area contributed by atoms with Crippen LogP contribution in [0.1, 0.15) is 18.0 Å². The topological polar surface area (TPSA) is 83.6 Å². The summed E-state index contributed by atoms with van der Waals surface area (Å²) in [4.78, 5) is 10.4. The fourth-order valence-electron chi connectivity index (χ4n) is 1.17. The van der Waals surface area contributed by atoms with Gasteiger partial charge in [-0.05, 0) is 28.1 Å². The smallest absolute Gasteiger partial charge is 0.305 e. The third-order valence-electron chi connectivity index (χ3n) is 1.85. The Kier molecular flexibility index (Phi) is 3.65. The predicted octanol–water partition coefficient (Wildman–Crippen LogP) is 1.77. The summed E-state index contributed by atoms with van der Waals surface area (Å²) in [5.41, 5.74) is 5.58. The van der Waals surface area contributed by atoms with Crippen molar-refractivity contribution in [3.8, 4) is 5.75 Å². The maximum absolute atomic E-state index is 13.0. The van der Waals surface area contributed by atoms with Crippen LogP contribution < -0.4 is 5.73 Å². The van der Waals surface area contributed by atoms with E-state index < -0.39 is 17.8 Å². The van der Waals surface area contributed by atoms with Gasteiger partial charge in [0, 0.05) is 11.6 Å². The first-order chi connectivity index (χ1) is 6.91. The van der Waals surface area contributed by atoms with Crippen molar-refractivity contribution in [3.05, 3.63) is 28.0 Å². The largest absolute Gasteiger partial charge is 0.506 e. The summed E-state index contributed by atoms with van der Waals surface area (Å²) in [5, 5.41) is 18.0. The van der Waals surface area contributed by atoms with Crippen molar-refractivity contribution < 1.29 is 19.4 Å². The molecule has 0 spiro atoms. The molecule has 0 aliphatic carbocycles. The standard InChI is InChI=1S/C9H9BrFNO3/c10-6-2-4(11)1-5(9(6)15)7(12)3-8(13)14/h1-2,7,15H,3,12H2,(H,13,14). The minimum absolute atomic E-state index is 0.0734. The van der Waals surface area contributed by atoms with Crippen LogP contribution in [0.2, 0.25) is 0 Å². The minimum Gasteiger partial charge on any atom is -0.506 e. The van der Waals surface area contributed by atoms with Gasteiger partial charge in [-0.3, -0.25) is 4.79 Å². The van der Waals surface area contributed by atoms with Crippen molar-refractivity contribution in [2.24, 2.45) is 5.73 Å². The first-order valence-electron chi connectivity index (χ1n) is 4.07. The molecule has 0 aliphatic heterocycles. The third kappa shape index (κ3) is 2.90. The Bertz CT molecular complexity index is 397. The highest BCUT2D eigenvalue weighted by molar-refractivity contribution is 9.10. The number of phenols is 1. The molecule has 6 heteroatoms. The van der Waals surface area contributed by atoms with Crippen LogP contribution in [0.3, 0.4) is 0 Å². The number of aromatic hydroxyl groups is 1. The Labute approximate surface area is 93.6 Å². The van der Waals surface area contributed by atoms with Crippen LogP contribution in [0.5, 0.6) is 5.75 Å². The van der Waals surface area contributed by atoms with E-state index in [1.807, 2.05) is 0 Å². The Morgan fingerprint density at radius 2 is 2.20 bits per heavy atom. The fourth-order valence-corrected chi connectivity index (χ4v) is 1.61. The van der Waals surface area contributed by atoms with E-state index in [4.69, 9.17) is 10.8 Å². The molecule has 1 unspecified atom stereocenters. The average Bonchev–Trinajstić information content (AvgIpc) is 2.09. The van der Waals surface area contributed by atoms with Crippen LogP contribution in [-0.4, -0.2) is 16.2 Å². The van der Waals surface area contributed by atoms with Gasteiger partial charge in [-0.2, -0.15) is 0 Å². The molecule has 1 aromatic carbocycles. The van der Waals surface area contributed by atoms with Gasteiger partial charge in [-0.15, -0.1) is 0 Å². The zero-order valence-corrected chi connectivity index (χ0v) is 9.16. The first-order valence-corrected chi connectivity index (χ1v) is 4.86. The molecule has 0 saturated carbocycles. The van der Waals surface area contributed by atoms with Crippen LogP contribution >= 0.6 is 15.9 Å². The molecule has 0 heterocycles. The number of phenolic OH excluding ortho intramolecular Hbond substituents is 1. The lowest BCUT2D eigenvalue weighted by Crippen LogP contribution is -2.15. The van der Waals surface area contributed by atoms with E-state index >= 15 is 0 Å². The Morgan fingerprint density at radius 1 is 1.60 bits per heavy atom. The molecule has 4 nitrogen and oxygen atoms in total. The Hall–Kier alpha value is -1.14. The zero-order chi connectivity index (χ0) is 11.6. The molecular formula is C9H9BrFNO3. The van der Waals surface area contributed by atoms with Gasteiger partial charge in [-0.1, -0.05) is 0 Å². The number of carbonyl (C=O) groups is 1. The van der Waals surface area contributed by atoms with Gasteiger partial charge < -0.3 is 15.9 Å². The van der Waals surface area contributed by atoms with Crippen molar-refractivity contribution in [1.82, 2.24) is 0 Å². The molecule has 4 N–H and O–H groups in total. The number of hydrogen-bond donors (Lipinski definition) is 3. The van der Waals surface area contributed by atoms with Crippen molar-refractivity contribution >= 4 is 21.9 Å². The normalized spacial score (nSPS) is 12.5. The van der Waals surface area contributed by atoms with Crippen LogP contribution in [0.25, 0.3) is 0 Å². The van der Waals surface area contributed by atoms with E-state index in [1.54, 1.807) is 0 Å². The number of carboxylic acids is 1. The summed E-state index contributed by atoms with van der Waals surface area (Å²) in [6.07, 6.45) is -0.372. The van der Waals surface area contributed by atoms with E-state index in [-0.39, 0.29) is 22.2 Å². The van der Waals surface area contributed by atoms with E-state index in [9.17, 15) is 14.3 Å². The SMILES string of the molecule is NC(CC(=O)O)c1cc(F)cc(Br)c1O. The summed E-state index contributed by atoms with van der Waals surface area (Å²) in [6, 6.07) is 1.16. The molecule has 0 amide bonds. The third-order valence-corrected chi connectivity index (χ3v) is 2.46. The fraction of sp³-hybridized carbons (Fsp3) is 0.222. The lowest BCUT2D eigenvalue weighted by molar-refractivity contribution is -0.137. The van der Waals surface area contributed by atoms with Crippen LogP contribution in [0, 0.1) is 5.82 Å². The second kappa shape index (κ2) is 4.59. The van der Waals surface area contributed by atoms with Crippen molar-refractivity contribution in [2.45, 2.75) is 12.5 Å². The van der Waals surface area contributed by atoms with E-state index in [0.29, 0.717) is 0 Å². The molecule has 1 aromatic rings. The van der Waals surface area contributed by atoms with Gasteiger partial charge in [0.2, 0.25) is 0 Å². The number of nitrogens with two attached hydrogens (primary N) is 1. The Morgan fingerprint density at radius 3 is 2.73 bits per heavy atom. The zero-order valence-electron chi connectivity index (χ0n) is 7.58. The molecule has 0 aliphatic rings. The molecule has 1 atom stereocenters. The summed E-state index contributed by atoms with van der Waals surface area (Å²) < 4.78 is 13.1. The molecule has 0 fully saturated rings. The summed E-state index contributed by atoms with van der Waals surface area (Å²) in [6.45, 7) is 0.